The van der Waals surface area contributed by atoms with Crippen LogP contribution in [0, 0.1) is 5.92 Å². The maximum absolute atomic E-state index is 10.8. The van der Waals surface area contributed by atoms with Gasteiger partial charge in [0.05, 0.1) is 12.4 Å². The summed E-state index contributed by atoms with van der Waals surface area (Å²) < 4.78 is 0. The SMILES string of the molecule is O=C(O)c1cnc(N2CCC(Cc3ccccc3)CC2)cn1. The van der Waals surface area contributed by atoms with Crippen LogP contribution in [0.1, 0.15) is 28.9 Å². The molecule has 0 radical (unpaired) electrons. The van der Waals surface area contributed by atoms with Crippen LogP contribution in [0.2, 0.25) is 0 Å². The summed E-state index contributed by atoms with van der Waals surface area (Å²) in [7, 11) is 0. The van der Waals surface area contributed by atoms with Gasteiger partial charge in [0.1, 0.15) is 5.82 Å². The highest BCUT2D eigenvalue weighted by atomic mass is 16.4. The van der Waals surface area contributed by atoms with E-state index in [0.717, 1.165) is 38.2 Å². The van der Waals surface area contributed by atoms with Crippen molar-refractivity contribution in [2.24, 2.45) is 5.92 Å². The Morgan fingerprint density at radius 2 is 1.86 bits per heavy atom. The van der Waals surface area contributed by atoms with Gasteiger partial charge in [-0.05, 0) is 30.7 Å². The van der Waals surface area contributed by atoms with Crippen molar-refractivity contribution < 1.29 is 9.90 Å². The van der Waals surface area contributed by atoms with E-state index in [1.807, 2.05) is 6.07 Å². The first kappa shape index (κ1) is 14.5. The lowest BCUT2D eigenvalue weighted by atomic mass is 9.90. The second kappa shape index (κ2) is 6.56. The molecular formula is C17H19N3O2. The number of hydrogen-bond donors (Lipinski definition) is 1. The third-order valence-corrected chi connectivity index (χ3v) is 4.16. The molecule has 0 amide bonds. The third kappa shape index (κ3) is 3.42. The molecule has 3 rings (SSSR count). The second-order valence-electron chi connectivity index (χ2n) is 5.69. The number of aromatic nitrogens is 2. The van der Waals surface area contributed by atoms with Gasteiger partial charge in [-0.2, -0.15) is 0 Å². The quantitative estimate of drug-likeness (QED) is 0.939. The van der Waals surface area contributed by atoms with Gasteiger partial charge in [0.2, 0.25) is 0 Å². The fourth-order valence-corrected chi connectivity index (χ4v) is 2.91. The molecule has 0 aliphatic carbocycles. The lowest BCUT2D eigenvalue weighted by Crippen LogP contribution is -2.35. The molecule has 2 aromatic rings. The van der Waals surface area contributed by atoms with Crippen molar-refractivity contribution in [3.8, 4) is 0 Å². The predicted molar refractivity (Wildman–Crippen MR) is 84.1 cm³/mol. The third-order valence-electron chi connectivity index (χ3n) is 4.16. The van der Waals surface area contributed by atoms with Crippen molar-refractivity contribution >= 4 is 11.8 Å². The summed E-state index contributed by atoms with van der Waals surface area (Å²) in [6.45, 7) is 1.89. The maximum Gasteiger partial charge on any atom is 0.356 e. The van der Waals surface area contributed by atoms with E-state index in [2.05, 4.69) is 39.1 Å². The number of anilines is 1. The van der Waals surface area contributed by atoms with E-state index in [0.29, 0.717) is 5.92 Å². The summed E-state index contributed by atoms with van der Waals surface area (Å²) >= 11 is 0. The smallest absolute Gasteiger partial charge is 0.356 e. The Bertz CT molecular complexity index is 620. The number of benzene rings is 1. The fraction of sp³-hybridized carbons (Fsp3) is 0.353. The highest BCUT2D eigenvalue weighted by molar-refractivity contribution is 5.84. The normalized spacial score (nSPS) is 15.7. The standard InChI is InChI=1S/C17H19N3O2/c21-17(22)15-11-19-16(12-18-15)20-8-6-14(7-9-20)10-13-4-2-1-3-5-13/h1-5,11-12,14H,6-10H2,(H,21,22). The van der Waals surface area contributed by atoms with Crippen molar-refractivity contribution in [2.75, 3.05) is 18.0 Å². The molecule has 1 aromatic heterocycles. The molecule has 114 valence electrons. The molecule has 2 heterocycles. The number of carboxylic acid groups (broad SMARTS) is 1. The molecule has 1 fully saturated rings. The van der Waals surface area contributed by atoms with Gasteiger partial charge >= 0.3 is 5.97 Å². The summed E-state index contributed by atoms with van der Waals surface area (Å²) in [5.74, 6) is 0.425. The Morgan fingerprint density at radius 1 is 1.14 bits per heavy atom. The van der Waals surface area contributed by atoms with Gasteiger partial charge in [-0.15, -0.1) is 0 Å². The van der Waals surface area contributed by atoms with Crippen molar-refractivity contribution in [3.05, 3.63) is 54.0 Å². The molecule has 1 aliphatic heterocycles. The Morgan fingerprint density at radius 3 is 2.45 bits per heavy atom. The van der Waals surface area contributed by atoms with E-state index in [9.17, 15) is 4.79 Å². The maximum atomic E-state index is 10.8. The molecule has 1 aromatic carbocycles. The Labute approximate surface area is 129 Å². The van der Waals surface area contributed by atoms with Gasteiger partial charge in [-0.1, -0.05) is 30.3 Å². The van der Waals surface area contributed by atoms with Crippen molar-refractivity contribution in [3.63, 3.8) is 0 Å². The van der Waals surface area contributed by atoms with E-state index >= 15 is 0 Å². The van der Waals surface area contributed by atoms with Gasteiger partial charge in [0, 0.05) is 13.1 Å². The lowest BCUT2D eigenvalue weighted by Gasteiger charge is -2.32. The van der Waals surface area contributed by atoms with Crippen LogP contribution in [0.15, 0.2) is 42.7 Å². The average Bonchev–Trinajstić information content (AvgIpc) is 2.57. The number of piperidine rings is 1. The van der Waals surface area contributed by atoms with Crippen molar-refractivity contribution in [1.29, 1.82) is 0 Å². The van der Waals surface area contributed by atoms with Gasteiger partial charge < -0.3 is 10.0 Å². The number of carbonyl (C=O) groups is 1. The zero-order valence-electron chi connectivity index (χ0n) is 12.4. The molecule has 0 unspecified atom stereocenters. The molecule has 5 heteroatoms. The van der Waals surface area contributed by atoms with E-state index in [1.165, 1.54) is 11.8 Å². The number of carboxylic acids is 1. The predicted octanol–water partition coefficient (Wildman–Crippen LogP) is 2.63. The minimum absolute atomic E-state index is 0.0114. The summed E-state index contributed by atoms with van der Waals surface area (Å²) in [6.07, 6.45) is 6.25. The van der Waals surface area contributed by atoms with Crippen LogP contribution in [0.25, 0.3) is 0 Å². The molecule has 1 aliphatic rings. The number of nitrogens with zero attached hydrogens (tertiary/aromatic N) is 3. The van der Waals surface area contributed by atoms with Crippen LogP contribution in [0.4, 0.5) is 5.82 Å². The fourth-order valence-electron chi connectivity index (χ4n) is 2.91. The van der Waals surface area contributed by atoms with Crippen LogP contribution in [0.5, 0.6) is 0 Å². The van der Waals surface area contributed by atoms with Crippen LogP contribution >= 0.6 is 0 Å². The first-order valence-corrected chi connectivity index (χ1v) is 7.56. The van der Waals surface area contributed by atoms with Crippen LogP contribution in [-0.4, -0.2) is 34.1 Å². The Balaban J connectivity index is 1.56. The van der Waals surface area contributed by atoms with Gasteiger partial charge in [0.15, 0.2) is 5.69 Å². The van der Waals surface area contributed by atoms with Crippen LogP contribution < -0.4 is 4.90 Å². The minimum atomic E-state index is -1.04. The van der Waals surface area contributed by atoms with Crippen molar-refractivity contribution in [1.82, 2.24) is 9.97 Å². The van der Waals surface area contributed by atoms with Crippen LogP contribution in [0.3, 0.4) is 0 Å². The summed E-state index contributed by atoms with van der Waals surface area (Å²) in [5, 5.41) is 8.84. The molecule has 0 saturated carbocycles. The zero-order valence-corrected chi connectivity index (χ0v) is 12.4. The topological polar surface area (TPSA) is 66.3 Å². The highest BCUT2D eigenvalue weighted by Gasteiger charge is 2.20. The summed E-state index contributed by atoms with van der Waals surface area (Å²) in [5.41, 5.74) is 1.38. The molecule has 5 nitrogen and oxygen atoms in total. The molecular weight excluding hydrogens is 278 g/mol. The Kier molecular flexibility index (Phi) is 4.32. The molecule has 1 saturated heterocycles. The van der Waals surface area contributed by atoms with E-state index in [-0.39, 0.29) is 5.69 Å². The minimum Gasteiger partial charge on any atom is -0.476 e. The monoisotopic (exact) mass is 297 g/mol. The molecule has 1 N–H and O–H groups in total. The van der Waals surface area contributed by atoms with Gasteiger partial charge in [-0.25, -0.2) is 14.8 Å². The molecule has 0 spiro atoms. The van der Waals surface area contributed by atoms with Crippen LogP contribution in [-0.2, 0) is 6.42 Å². The second-order valence-corrected chi connectivity index (χ2v) is 5.69. The van der Waals surface area contributed by atoms with Crippen molar-refractivity contribution in [2.45, 2.75) is 19.3 Å². The zero-order chi connectivity index (χ0) is 15.4. The first-order chi connectivity index (χ1) is 10.7. The number of hydrogen-bond acceptors (Lipinski definition) is 4. The first-order valence-electron chi connectivity index (χ1n) is 7.56. The van der Waals surface area contributed by atoms with Gasteiger partial charge in [0.25, 0.3) is 0 Å². The molecule has 22 heavy (non-hydrogen) atoms. The largest absolute Gasteiger partial charge is 0.476 e. The molecule has 0 bridgehead atoms. The van der Waals surface area contributed by atoms with E-state index in [1.54, 1.807) is 6.20 Å². The van der Waals surface area contributed by atoms with Gasteiger partial charge in [-0.3, -0.25) is 0 Å². The number of rotatable bonds is 4. The van der Waals surface area contributed by atoms with E-state index < -0.39 is 5.97 Å². The summed E-state index contributed by atoms with van der Waals surface area (Å²) in [4.78, 5) is 21.1. The molecule has 0 atom stereocenters. The summed E-state index contributed by atoms with van der Waals surface area (Å²) in [6, 6.07) is 10.6. The lowest BCUT2D eigenvalue weighted by molar-refractivity contribution is 0.0690. The Hall–Kier alpha value is -2.43. The number of aromatic carboxylic acids is 1. The highest BCUT2D eigenvalue weighted by Crippen LogP contribution is 2.24. The van der Waals surface area contributed by atoms with E-state index in [4.69, 9.17) is 5.11 Å². The average molecular weight is 297 g/mol.